The van der Waals surface area contributed by atoms with E-state index in [4.69, 9.17) is 4.74 Å². The van der Waals surface area contributed by atoms with Crippen molar-refractivity contribution in [2.75, 3.05) is 12.0 Å². The van der Waals surface area contributed by atoms with Crippen molar-refractivity contribution in [3.63, 3.8) is 0 Å². The van der Waals surface area contributed by atoms with Gasteiger partial charge >= 0.3 is 5.97 Å². The van der Waals surface area contributed by atoms with Gasteiger partial charge in [-0.05, 0) is 77.8 Å². The maximum absolute atomic E-state index is 13.7. The van der Waals surface area contributed by atoms with Crippen LogP contribution in [0.1, 0.15) is 65.1 Å². The zero-order chi connectivity index (χ0) is 24.7. The number of hydrogen-bond acceptors (Lipinski definition) is 3. The Balaban J connectivity index is 1.93. The Morgan fingerprint density at radius 3 is 1.82 bits per heavy atom. The monoisotopic (exact) mass is 457 g/mol. The first-order valence-electron chi connectivity index (χ1n) is 11.9. The van der Waals surface area contributed by atoms with Gasteiger partial charge < -0.3 is 9.64 Å². The van der Waals surface area contributed by atoms with E-state index in [9.17, 15) is 9.59 Å². The Morgan fingerprint density at radius 1 is 0.735 bits per heavy atom. The first kappa shape index (κ1) is 25.2. The molecule has 0 aliphatic rings. The summed E-state index contributed by atoms with van der Waals surface area (Å²) in [4.78, 5) is 27.4. The third kappa shape index (κ3) is 6.80. The van der Waals surface area contributed by atoms with E-state index in [-0.39, 0.29) is 5.91 Å². The van der Waals surface area contributed by atoms with E-state index in [1.54, 1.807) is 17.0 Å². The maximum atomic E-state index is 13.7. The first-order valence-corrected chi connectivity index (χ1v) is 11.9. The summed E-state index contributed by atoms with van der Waals surface area (Å²) in [6, 6.07) is 23.3. The predicted octanol–water partition coefficient (Wildman–Crippen LogP) is 6.72. The molecular weight excluding hydrogens is 422 g/mol. The third-order valence-electron chi connectivity index (χ3n) is 5.67. The molecule has 1 amide bonds. The van der Waals surface area contributed by atoms with E-state index >= 15 is 0 Å². The van der Waals surface area contributed by atoms with Gasteiger partial charge in [0.25, 0.3) is 5.91 Å². The molecule has 0 bridgehead atoms. The number of amides is 1. The second-order valence-corrected chi connectivity index (χ2v) is 9.64. The van der Waals surface area contributed by atoms with Crippen LogP contribution in [0.4, 0.5) is 5.69 Å². The molecule has 3 aromatic rings. The highest BCUT2D eigenvalue weighted by Gasteiger charge is 2.19. The van der Waals surface area contributed by atoms with Gasteiger partial charge in [0.1, 0.15) is 0 Å². The highest BCUT2D eigenvalue weighted by atomic mass is 16.5. The summed E-state index contributed by atoms with van der Waals surface area (Å²) < 4.78 is 4.86. The van der Waals surface area contributed by atoms with Crippen LogP contribution in [0.15, 0.2) is 72.8 Å². The van der Waals surface area contributed by atoms with Crippen molar-refractivity contribution in [1.82, 2.24) is 0 Å². The summed E-state index contributed by atoms with van der Waals surface area (Å²) in [6.07, 6.45) is 1.97. The van der Waals surface area contributed by atoms with Crippen LogP contribution in [0, 0.1) is 11.8 Å². The zero-order valence-electron chi connectivity index (χ0n) is 20.9. The summed E-state index contributed by atoms with van der Waals surface area (Å²) >= 11 is 0. The quantitative estimate of drug-likeness (QED) is 0.335. The Labute approximate surface area is 203 Å². The first-order chi connectivity index (χ1) is 16.3. The minimum atomic E-state index is -0.390. The maximum Gasteiger partial charge on any atom is 0.337 e. The molecule has 0 unspecified atom stereocenters. The summed E-state index contributed by atoms with van der Waals surface area (Å²) in [7, 11) is 1.37. The van der Waals surface area contributed by atoms with Gasteiger partial charge in [-0.3, -0.25) is 4.79 Å². The lowest BCUT2D eigenvalue weighted by molar-refractivity contribution is 0.0600. The number of benzene rings is 3. The van der Waals surface area contributed by atoms with Gasteiger partial charge in [-0.2, -0.15) is 0 Å². The molecule has 0 atom stereocenters. The van der Waals surface area contributed by atoms with Gasteiger partial charge in [0.05, 0.1) is 19.2 Å². The van der Waals surface area contributed by atoms with Gasteiger partial charge in [0.15, 0.2) is 0 Å². The van der Waals surface area contributed by atoms with Crippen LogP contribution in [0.25, 0.3) is 0 Å². The van der Waals surface area contributed by atoms with Crippen molar-refractivity contribution in [3.05, 3.63) is 101 Å². The van der Waals surface area contributed by atoms with Crippen LogP contribution in [-0.4, -0.2) is 19.0 Å². The third-order valence-corrected chi connectivity index (χ3v) is 5.67. The largest absolute Gasteiger partial charge is 0.465 e. The zero-order valence-corrected chi connectivity index (χ0v) is 20.9. The van der Waals surface area contributed by atoms with Gasteiger partial charge in [-0.1, -0.05) is 64.1 Å². The van der Waals surface area contributed by atoms with Crippen molar-refractivity contribution in [2.24, 2.45) is 11.8 Å². The lowest BCUT2D eigenvalue weighted by Crippen LogP contribution is -2.30. The fourth-order valence-corrected chi connectivity index (χ4v) is 4.07. The summed E-state index contributed by atoms with van der Waals surface area (Å²) in [6.45, 7) is 9.11. The number of carbonyl (C=O) groups is 2. The van der Waals surface area contributed by atoms with Crippen LogP contribution >= 0.6 is 0 Å². The molecule has 0 saturated carbocycles. The molecule has 0 N–H and O–H groups in total. The van der Waals surface area contributed by atoms with E-state index in [0.717, 1.165) is 24.1 Å². The molecule has 0 fully saturated rings. The number of hydrogen-bond donors (Lipinski definition) is 0. The molecule has 0 saturated heterocycles. The summed E-state index contributed by atoms with van der Waals surface area (Å²) in [5.74, 6) is 0.660. The average molecular weight is 458 g/mol. The Hall–Kier alpha value is -3.40. The van der Waals surface area contributed by atoms with Crippen LogP contribution in [0.5, 0.6) is 0 Å². The molecule has 3 aromatic carbocycles. The summed E-state index contributed by atoms with van der Waals surface area (Å²) in [5.41, 5.74) is 5.27. The molecule has 4 nitrogen and oxygen atoms in total. The molecule has 0 aliphatic carbocycles. The van der Waals surface area contributed by atoms with E-state index in [0.29, 0.717) is 29.5 Å². The second kappa shape index (κ2) is 11.6. The van der Waals surface area contributed by atoms with Crippen molar-refractivity contribution >= 4 is 17.6 Å². The van der Waals surface area contributed by atoms with Crippen molar-refractivity contribution in [2.45, 2.75) is 47.1 Å². The van der Waals surface area contributed by atoms with Crippen LogP contribution in [-0.2, 0) is 24.1 Å². The molecule has 0 spiro atoms. The minimum Gasteiger partial charge on any atom is -0.465 e. The number of esters is 1. The molecule has 0 aromatic heterocycles. The highest BCUT2D eigenvalue weighted by Crippen LogP contribution is 2.23. The fourth-order valence-electron chi connectivity index (χ4n) is 4.07. The topological polar surface area (TPSA) is 46.6 Å². The molecule has 0 aliphatic heterocycles. The van der Waals surface area contributed by atoms with E-state index in [1.165, 1.54) is 18.2 Å². The molecule has 3 rings (SSSR count). The van der Waals surface area contributed by atoms with Gasteiger partial charge in [-0.15, -0.1) is 0 Å². The highest BCUT2D eigenvalue weighted by molar-refractivity contribution is 6.06. The lowest BCUT2D eigenvalue weighted by atomic mass is 10.0. The Bertz CT molecular complexity index is 1100. The van der Waals surface area contributed by atoms with Gasteiger partial charge in [0.2, 0.25) is 0 Å². The van der Waals surface area contributed by atoms with Crippen LogP contribution in [0.2, 0.25) is 0 Å². The number of methoxy groups -OCH3 is 1. The van der Waals surface area contributed by atoms with Gasteiger partial charge in [0, 0.05) is 11.3 Å². The van der Waals surface area contributed by atoms with Crippen LogP contribution in [0.3, 0.4) is 0 Å². The molecule has 4 heteroatoms. The number of rotatable bonds is 9. The molecule has 34 heavy (non-hydrogen) atoms. The summed E-state index contributed by atoms with van der Waals surface area (Å²) in [5, 5.41) is 0. The van der Waals surface area contributed by atoms with E-state index in [2.05, 4.69) is 39.8 Å². The second-order valence-electron chi connectivity index (χ2n) is 9.64. The number of carbonyl (C=O) groups excluding carboxylic acids is 2. The molecule has 0 radical (unpaired) electrons. The van der Waals surface area contributed by atoms with Crippen molar-refractivity contribution in [3.8, 4) is 0 Å². The molecule has 0 heterocycles. The Morgan fingerprint density at radius 2 is 1.29 bits per heavy atom. The fraction of sp³-hybridized carbons (Fsp3) is 0.333. The van der Waals surface area contributed by atoms with Gasteiger partial charge in [-0.25, -0.2) is 4.79 Å². The van der Waals surface area contributed by atoms with Crippen molar-refractivity contribution in [1.29, 1.82) is 0 Å². The van der Waals surface area contributed by atoms with E-state index in [1.807, 2.05) is 48.5 Å². The predicted molar refractivity (Wildman–Crippen MR) is 138 cm³/mol. The number of anilines is 1. The average Bonchev–Trinajstić information content (AvgIpc) is 2.82. The van der Waals surface area contributed by atoms with Crippen LogP contribution < -0.4 is 4.90 Å². The molecule has 178 valence electrons. The molecular formula is C30H35NO3. The van der Waals surface area contributed by atoms with E-state index < -0.39 is 5.97 Å². The lowest BCUT2D eigenvalue weighted by Gasteiger charge is -2.24. The number of ether oxygens (including phenoxy) is 1. The van der Waals surface area contributed by atoms with Crippen molar-refractivity contribution < 1.29 is 14.3 Å². The standard InChI is InChI=1S/C30H35NO3/c1-21(2)17-23-9-13-26(14-10-23)29(32)31(28-15-11-24(12-16-28)18-22(3)4)20-25-7-6-8-27(19-25)30(33)34-5/h6-16,19,21-22H,17-18,20H2,1-5H3. The minimum absolute atomic E-state index is 0.0730. The Kier molecular flexibility index (Phi) is 8.64. The smallest absolute Gasteiger partial charge is 0.337 e. The number of nitrogens with zero attached hydrogens (tertiary/aromatic N) is 1. The SMILES string of the molecule is COC(=O)c1cccc(CN(C(=O)c2ccc(CC(C)C)cc2)c2ccc(CC(C)C)cc2)c1. The normalized spacial score (nSPS) is 11.0.